The van der Waals surface area contributed by atoms with Crippen LogP contribution >= 0.6 is 35.6 Å². The third kappa shape index (κ3) is 3.28. The zero-order chi connectivity index (χ0) is 12.1. The molecule has 0 N–H and O–H groups in total. The van der Waals surface area contributed by atoms with E-state index in [0.717, 1.165) is 17.8 Å². The minimum atomic E-state index is -0.628. The predicted octanol–water partition coefficient (Wildman–Crippen LogP) is 4.07. The van der Waals surface area contributed by atoms with Crippen LogP contribution in [0.25, 0.3) is 0 Å². The Balaban J connectivity index is 3.14. The van der Waals surface area contributed by atoms with E-state index in [4.69, 9.17) is 11.6 Å². The summed E-state index contributed by atoms with van der Waals surface area (Å²) in [6, 6.07) is 2.36. The number of aliphatic imine (C=N–C) groups is 1. The molecule has 0 bridgehead atoms. The van der Waals surface area contributed by atoms with Gasteiger partial charge in [0, 0.05) is 4.90 Å². The minimum absolute atomic E-state index is 0.0224. The van der Waals surface area contributed by atoms with E-state index >= 15 is 0 Å². The first kappa shape index (κ1) is 13.1. The number of rotatable bonds is 2. The Morgan fingerprint density at radius 1 is 1.69 bits per heavy atom. The highest BCUT2D eigenvalue weighted by Gasteiger charge is 2.12. The van der Waals surface area contributed by atoms with Crippen molar-refractivity contribution in [3.05, 3.63) is 23.0 Å². The quantitative estimate of drug-likeness (QED) is 0.353. The van der Waals surface area contributed by atoms with Gasteiger partial charge in [0.25, 0.3) is 0 Å². The normalized spacial score (nSPS) is 9.44. The molecule has 0 amide bonds. The molecule has 0 aliphatic heterocycles. The van der Waals surface area contributed by atoms with Crippen LogP contribution in [0, 0.1) is 5.82 Å². The van der Waals surface area contributed by atoms with Crippen molar-refractivity contribution in [2.24, 2.45) is 4.99 Å². The number of isothiocyanates is 1. The molecule has 3 nitrogen and oxygen atoms in total. The van der Waals surface area contributed by atoms with Gasteiger partial charge in [-0.05, 0) is 36.1 Å². The Hall–Kier alpha value is -0.940. The van der Waals surface area contributed by atoms with Gasteiger partial charge >= 0.3 is 5.30 Å². The summed E-state index contributed by atoms with van der Waals surface area (Å²) in [4.78, 5) is 14.9. The van der Waals surface area contributed by atoms with Crippen LogP contribution in [0.15, 0.2) is 22.0 Å². The highest BCUT2D eigenvalue weighted by molar-refractivity contribution is 8.13. The molecule has 1 aromatic carbocycles. The number of carbonyl (C=O) groups is 1. The summed E-state index contributed by atoms with van der Waals surface area (Å²) in [5.41, 5.74) is -0.0224. The Morgan fingerprint density at radius 2 is 2.38 bits per heavy atom. The van der Waals surface area contributed by atoms with E-state index < -0.39 is 11.1 Å². The van der Waals surface area contributed by atoms with Crippen LogP contribution in [-0.2, 0) is 4.74 Å². The summed E-state index contributed by atoms with van der Waals surface area (Å²) >= 11 is 10.8. The van der Waals surface area contributed by atoms with Crippen LogP contribution in [0.2, 0.25) is 5.02 Å². The molecular weight excluding hydrogens is 273 g/mol. The van der Waals surface area contributed by atoms with Gasteiger partial charge in [-0.2, -0.15) is 4.99 Å². The van der Waals surface area contributed by atoms with E-state index in [2.05, 4.69) is 21.9 Å². The number of ether oxygens (including phenoxy) is 1. The van der Waals surface area contributed by atoms with Gasteiger partial charge in [0.05, 0.1) is 17.3 Å². The summed E-state index contributed by atoms with van der Waals surface area (Å²) in [7, 11) is 1.24. The van der Waals surface area contributed by atoms with Gasteiger partial charge in [-0.15, -0.1) is 0 Å². The summed E-state index contributed by atoms with van der Waals surface area (Å²) in [5, 5.41) is 1.60. The van der Waals surface area contributed by atoms with Crippen molar-refractivity contribution in [3.63, 3.8) is 0 Å². The maximum absolute atomic E-state index is 13.2. The van der Waals surface area contributed by atoms with Crippen LogP contribution in [0.1, 0.15) is 0 Å². The molecule has 0 atom stereocenters. The Kier molecular flexibility index (Phi) is 4.89. The number of halogens is 2. The Bertz CT molecular complexity index is 475. The molecule has 0 heterocycles. The number of nitrogens with zero attached hydrogens (tertiary/aromatic N) is 1. The van der Waals surface area contributed by atoms with E-state index in [0.29, 0.717) is 4.90 Å². The average Bonchev–Trinajstić information content (AvgIpc) is 2.25. The lowest BCUT2D eigenvalue weighted by atomic mass is 10.3. The highest BCUT2D eigenvalue weighted by atomic mass is 35.5. The maximum atomic E-state index is 13.2. The maximum Gasteiger partial charge on any atom is 0.371 e. The van der Waals surface area contributed by atoms with Crippen molar-refractivity contribution >= 4 is 51.7 Å². The molecule has 0 fully saturated rings. The van der Waals surface area contributed by atoms with Crippen molar-refractivity contribution in [2.75, 3.05) is 7.11 Å². The number of benzene rings is 1. The van der Waals surface area contributed by atoms with Crippen molar-refractivity contribution in [1.29, 1.82) is 0 Å². The van der Waals surface area contributed by atoms with Crippen LogP contribution in [0.5, 0.6) is 0 Å². The topological polar surface area (TPSA) is 38.7 Å². The summed E-state index contributed by atoms with van der Waals surface area (Å²) < 4.78 is 17.7. The van der Waals surface area contributed by atoms with Gasteiger partial charge in [-0.3, -0.25) is 0 Å². The minimum Gasteiger partial charge on any atom is -0.461 e. The zero-order valence-electron chi connectivity index (χ0n) is 7.99. The van der Waals surface area contributed by atoms with Crippen molar-refractivity contribution in [3.8, 4) is 0 Å². The van der Waals surface area contributed by atoms with E-state index in [1.54, 1.807) is 0 Å². The van der Waals surface area contributed by atoms with Crippen LogP contribution < -0.4 is 0 Å². The number of carbonyl (C=O) groups excluding carboxylic acids is 1. The van der Waals surface area contributed by atoms with E-state index in [-0.39, 0.29) is 10.7 Å². The first-order valence-electron chi connectivity index (χ1n) is 3.91. The summed E-state index contributed by atoms with van der Waals surface area (Å²) in [6.45, 7) is 0. The van der Waals surface area contributed by atoms with Gasteiger partial charge in [-0.25, -0.2) is 9.18 Å². The fourth-order valence-electron chi connectivity index (χ4n) is 0.863. The molecule has 0 spiro atoms. The SMILES string of the molecule is COC(=O)Sc1cc(N=C=S)c(F)cc1Cl. The largest absolute Gasteiger partial charge is 0.461 e. The second-order valence-electron chi connectivity index (χ2n) is 2.49. The standard InChI is InChI=1S/C9H5ClFNO2S2/c1-14-9(13)16-8-3-7(12-4-15)6(11)2-5(8)10/h2-3H,1H3. The predicted molar refractivity (Wildman–Crippen MR) is 64.4 cm³/mol. The van der Waals surface area contributed by atoms with Gasteiger partial charge in [0.2, 0.25) is 0 Å². The van der Waals surface area contributed by atoms with Crippen molar-refractivity contribution in [2.45, 2.75) is 4.90 Å². The molecule has 0 saturated carbocycles. The van der Waals surface area contributed by atoms with Crippen molar-refractivity contribution in [1.82, 2.24) is 0 Å². The van der Waals surface area contributed by atoms with Gasteiger partial charge < -0.3 is 4.74 Å². The lowest BCUT2D eigenvalue weighted by Crippen LogP contribution is -1.91. The van der Waals surface area contributed by atoms with Crippen molar-refractivity contribution < 1.29 is 13.9 Å². The zero-order valence-corrected chi connectivity index (χ0v) is 10.4. The number of thioether (sulfide) groups is 1. The molecule has 16 heavy (non-hydrogen) atoms. The second-order valence-corrected chi connectivity index (χ2v) is 4.06. The molecule has 0 saturated heterocycles. The Labute approximate surface area is 106 Å². The van der Waals surface area contributed by atoms with E-state index in [9.17, 15) is 9.18 Å². The monoisotopic (exact) mass is 277 g/mol. The fourth-order valence-corrected chi connectivity index (χ4v) is 1.82. The molecule has 0 aromatic heterocycles. The number of hydrogen-bond donors (Lipinski definition) is 0. The van der Waals surface area contributed by atoms with E-state index in [1.165, 1.54) is 13.2 Å². The molecule has 0 aliphatic rings. The lowest BCUT2D eigenvalue weighted by molar-refractivity contribution is 0.200. The molecular formula is C9H5ClFNO2S2. The third-order valence-corrected chi connectivity index (χ3v) is 2.93. The molecule has 1 aromatic rings. The second kappa shape index (κ2) is 5.96. The van der Waals surface area contributed by atoms with Crippen LogP contribution in [0.3, 0.4) is 0 Å². The van der Waals surface area contributed by atoms with Gasteiger partial charge in [-0.1, -0.05) is 11.6 Å². The first-order valence-corrected chi connectivity index (χ1v) is 5.51. The molecule has 84 valence electrons. The molecule has 0 aliphatic carbocycles. The number of methoxy groups -OCH3 is 1. The van der Waals surface area contributed by atoms with Gasteiger partial charge in [0.1, 0.15) is 5.69 Å². The lowest BCUT2D eigenvalue weighted by Gasteiger charge is -2.03. The van der Waals surface area contributed by atoms with Gasteiger partial charge in [0.15, 0.2) is 5.82 Å². The third-order valence-electron chi connectivity index (χ3n) is 1.53. The molecule has 0 radical (unpaired) electrons. The molecule has 0 unspecified atom stereocenters. The van der Waals surface area contributed by atoms with E-state index in [1.807, 2.05) is 5.16 Å². The smallest absolute Gasteiger partial charge is 0.371 e. The highest BCUT2D eigenvalue weighted by Crippen LogP contribution is 2.33. The Morgan fingerprint density at radius 3 is 2.94 bits per heavy atom. The fraction of sp³-hybridized carbons (Fsp3) is 0.111. The summed E-state index contributed by atoms with van der Waals surface area (Å²) in [5.74, 6) is -0.628. The summed E-state index contributed by atoms with van der Waals surface area (Å²) in [6.07, 6.45) is 0. The van der Waals surface area contributed by atoms with Crippen LogP contribution in [0.4, 0.5) is 14.9 Å². The molecule has 7 heteroatoms. The average molecular weight is 278 g/mol. The first-order chi connectivity index (χ1) is 7.58. The molecule has 1 rings (SSSR count). The van der Waals surface area contributed by atoms with Crippen LogP contribution in [-0.4, -0.2) is 17.6 Å². The number of thiocarbonyl (C=S) groups is 1. The number of hydrogen-bond acceptors (Lipinski definition) is 5.